The number of benzene rings is 2. The van der Waals surface area contributed by atoms with Crippen molar-refractivity contribution in [2.45, 2.75) is 19.8 Å². The minimum Gasteiger partial charge on any atom is -0.493 e. The first-order valence-corrected chi connectivity index (χ1v) is 9.51. The molecule has 1 amide bonds. The Labute approximate surface area is 180 Å². The number of rotatable bonds is 10. The average molecular weight is 424 g/mol. The number of nitriles is 1. The molecule has 2 aromatic rings. The second-order valence-corrected chi connectivity index (χ2v) is 6.34. The SMILES string of the molecule is CCOc1ccc(CCC(=O)Oc2ccc(/C=C(\C#N)C(N)=O)cc2OC)cc1OC. The quantitative estimate of drug-likeness (QED) is 0.269. The smallest absolute Gasteiger partial charge is 0.311 e. The van der Waals surface area contributed by atoms with Crippen molar-refractivity contribution in [2.24, 2.45) is 5.73 Å². The van der Waals surface area contributed by atoms with Crippen LogP contribution in [0.2, 0.25) is 0 Å². The van der Waals surface area contributed by atoms with Gasteiger partial charge in [-0.2, -0.15) is 5.26 Å². The van der Waals surface area contributed by atoms with E-state index in [2.05, 4.69) is 0 Å². The van der Waals surface area contributed by atoms with Crippen LogP contribution >= 0.6 is 0 Å². The van der Waals surface area contributed by atoms with Crippen LogP contribution in [0.3, 0.4) is 0 Å². The number of carbonyl (C=O) groups is 2. The predicted octanol–water partition coefficient (Wildman–Crippen LogP) is 3.03. The monoisotopic (exact) mass is 424 g/mol. The van der Waals surface area contributed by atoms with Crippen molar-refractivity contribution < 1.29 is 28.5 Å². The molecule has 0 aliphatic rings. The second-order valence-electron chi connectivity index (χ2n) is 6.34. The molecule has 0 radical (unpaired) electrons. The van der Waals surface area contributed by atoms with Gasteiger partial charge < -0.3 is 24.7 Å². The summed E-state index contributed by atoms with van der Waals surface area (Å²) in [5.41, 5.74) is 6.35. The van der Waals surface area contributed by atoms with Crippen molar-refractivity contribution in [3.8, 4) is 29.1 Å². The Morgan fingerprint density at radius 2 is 1.71 bits per heavy atom. The van der Waals surface area contributed by atoms with E-state index in [9.17, 15) is 9.59 Å². The van der Waals surface area contributed by atoms with Crippen LogP contribution in [0, 0.1) is 11.3 Å². The largest absolute Gasteiger partial charge is 0.493 e. The summed E-state index contributed by atoms with van der Waals surface area (Å²) < 4.78 is 21.5. The topological polar surface area (TPSA) is 121 Å². The van der Waals surface area contributed by atoms with Gasteiger partial charge in [-0.15, -0.1) is 0 Å². The van der Waals surface area contributed by atoms with Gasteiger partial charge in [0.2, 0.25) is 0 Å². The van der Waals surface area contributed by atoms with Gasteiger partial charge in [-0.3, -0.25) is 9.59 Å². The molecular formula is C23H24N2O6. The zero-order valence-corrected chi connectivity index (χ0v) is 17.6. The summed E-state index contributed by atoms with van der Waals surface area (Å²) in [5, 5.41) is 8.95. The molecule has 2 N–H and O–H groups in total. The number of esters is 1. The Hall–Kier alpha value is -3.99. The van der Waals surface area contributed by atoms with Crippen LogP contribution < -0.4 is 24.7 Å². The lowest BCUT2D eigenvalue weighted by atomic mass is 10.1. The molecular weight excluding hydrogens is 400 g/mol. The molecule has 31 heavy (non-hydrogen) atoms. The van der Waals surface area contributed by atoms with Gasteiger partial charge in [0.1, 0.15) is 11.6 Å². The van der Waals surface area contributed by atoms with E-state index in [0.717, 1.165) is 5.56 Å². The van der Waals surface area contributed by atoms with E-state index in [-0.39, 0.29) is 23.5 Å². The molecule has 0 heterocycles. The predicted molar refractivity (Wildman–Crippen MR) is 114 cm³/mol. The summed E-state index contributed by atoms with van der Waals surface area (Å²) in [5.74, 6) is 0.488. The molecule has 0 aliphatic carbocycles. The van der Waals surface area contributed by atoms with Crippen molar-refractivity contribution >= 4 is 18.0 Å². The molecule has 0 atom stereocenters. The Kier molecular flexibility index (Phi) is 8.46. The number of hydrogen-bond donors (Lipinski definition) is 1. The first kappa shape index (κ1) is 23.3. The molecule has 0 bridgehead atoms. The minimum absolute atomic E-state index is 0.141. The van der Waals surface area contributed by atoms with Crippen LogP contribution in [0.25, 0.3) is 6.08 Å². The summed E-state index contributed by atoms with van der Waals surface area (Å²) in [7, 11) is 2.98. The van der Waals surface area contributed by atoms with Gasteiger partial charge in [0.05, 0.1) is 20.8 Å². The fourth-order valence-electron chi connectivity index (χ4n) is 2.75. The molecule has 2 rings (SSSR count). The van der Waals surface area contributed by atoms with Crippen LogP contribution in [-0.4, -0.2) is 32.7 Å². The third-order valence-corrected chi connectivity index (χ3v) is 4.25. The number of aryl methyl sites for hydroxylation is 1. The molecule has 0 aromatic heterocycles. The van der Waals surface area contributed by atoms with E-state index >= 15 is 0 Å². The Bertz CT molecular complexity index is 1020. The van der Waals surface area contributed by atoms with Gasteiger partial charge in [0, 0.05) is 6.42 Å². The van der Waals surface area contributed by atoms with Crippen LogP contribution in [-0.2, 0) is 16.0 Å². The molecule has 0 unspecified atom stereocenters. The summed E-state index contributed by atoms with van der Waals surface area (Å²) in [6.07, 6.45) is 1.92. The lowest BCUT2D eigenvalue weighted by molar-refractivity contribution is -0.134. The fraction of sp³-hybridized carbons (Fsp3) is 0.261. The van der Waals surface area contributed by atoms with Gasteiger partial charge in [-0.1, -0.05) is 12.1 Å². The summed E-state index contributed by atoms with van der Waals surface area (Å²) >= 11 is 0. The number of primary amides is 1. The number of nitrogens with zero attached hydrogens (tertiary/aromatic N) is 1. The van der Waals surface area contributed by atoms with E-state index in [1.165, 1.54) is 19.3 Å². The van der Waals surface area contributed by atoms with E-state index in [1.807, 2.05) is 19.1 Å². The number of ether oxygens (including phenoxy) is 4. The van der Waals surface area contributed by atoms with Crippen LogP contribution in [0.4, 0.5) is 0 Å². The number of nitrogens with two attached hydrogens (primary N) is 1. The molecule has 0 aliphatic heterocycles. The Morgan fingerprint density at radius 3 is 2.32 bits per heavy atom. The summed E-state index contributed by atoms with van der Waals surface area (Å²) in [6, 6.07) is 11.9. The van der Waals surface area contributed by atoms with E-state index in [1.54, 1.807) is 31.4 Å². The van der Waals surface area contributed by atoms with Crippen molar-refractivity contribution in [2.75, 3.05) is 20.8 Å². The van der Waals surface area contributed by atoms with Crippen molar-refractivity contribution in [1.29, 1.82) is 5.26 Å². The van der Waals surface area contributed by atoms with Gasteiger partial charge >= 0.3 is 5.97 Å². The van der Waals surface area contributed by atoms with Gasteiger partial charge in [0.15, 0.2) is 23.0 Å². The highest BCUT2D eigenvalue weighted by molar-refractivity contribution is 6.00. The maximum atomic E-state index is 12.3. The maximum absolute atomic E-state index is 12.3. The number of amides is 1. The molecule has 0 saturated carbocycles. The number of carbonyl (C=O) groups excluding carboxylic acids is 2. The standard InChI is InChI=1S/C23H24N2O6/c1-4-30-18-8-5-15(12-20(18)28-2)7-10-22(26)31-19-9-6-16(13-21(19)29-3)11-17(14-24)23(25)27/h5-6,8-9,11-13H,4,7,10H2,1-3H3,(H2,25,27)/b17-11+. The fourth-order valence-corrected chi connectivity index (χ4v) is 2.75. The molecule has 0 saturated heterocycles. The number of methoxy groups -OCH3 is 2. The molecule has 8 nitrogen and oxygen atoms in total. The third-order valence-electron chi connectivity index (χ3n) is 4.25. The van der Waals surface area contributed by atoms with Crippen LogP contribution in [0.15, 0.2) is 42.0 Å². The highest BCUT2D eigenvalue weighted by Crippen LogP contribution is 2.30. The average Bonchev–Trinajstić information content (AvgIpc) is 2.77. The Balaban J connectivity index is 2.07. The molecule has 162 valence electrons. The zero-order valence-electron chi connectivity index (χ0n) is 17.6. The molecule has 2 aromatic carbocycles. The summed E-state index contributed by atoms with van der Waals surface area (Å²) in [6.45, 7) is 2.42. The van der Waals surface area contributed by atoms with Gasteiger partial charge in [-0.25, -0.2) is 0 Å². The third kappa shape index (κ3) is 6.51. The summed E-state index contributed by atoms with van der Waals surface area (Å²) in [4.78, 5) is 23.5. The van der Waals surface area contributed by atoms with E-state index in [4.69, 9.17) is 29.9 Å². The molecule has 8 heteroatoms. The maximum Gasteiger partial charge on any atom is 0.311 e. The molecule has 0 spiro atoms. The molecule has 0 fully saturated rings. The van der Waals surface area contributed by atoms with Crippen molar-refractivity contribution in [3.05, 3.63) is 53.1 Å². The van der Waals surface area contributed by atoms with Crippen LogP contribution in [0.1, 0.15) is 24.5 Å². The van der Waals surface area contributed by atoms with Crippen LogP contribution in [0.5, 0.6) is 23.0 Å². The lowest BCUT2D eigenvalue weighted by Crippen LogP contribution is -2.12. The minimum atomic E-state index is -0.831. The van der Waals surface area contributed by atoms with Crippen molar-refractivity contribution in [3.63, 3.8) is 0 Å². The van der Waals surface area contributed by atoms with Crippen molar-refractivity contribution in [1.82, 2.24) is 0 Å². The normalized spacial score (nSPS) is 10.7. The second kappa shape index (κ2) is 11.3. The van der Waals surface area contributed by atoms with E-state index < -0.39 is 11.9 Å². The first-order chi connectivity index (χ1) is 14.9. The highest BCUT2D eigenvalue weighted by atomic mass is 16.6. The lowest BCUT2D eigenvalue weighted by Gasteiger charge is -2.12. The zero-order chi connectivity index (χ0) is 22.8. The Morgan fingerprint density at radius 1 is 1.03 bits per heavy atom. The van der Waals surface area contributed by atoms with E-state index in [0.29, 0.717) is 30.1 Å². The number of hydrogen-bond acceptors (Lipinski definition) is 7. The highest BCUT2D eigenvalue weighted by Gasteiger charge is 2.13. The first-order valence-electron chi connectivity index (χ1n) is 9.51. The van der Waals surface area contributed by atoms with Gasteiger partial charge in [0.25, 0.3) is 5.91 Å². The van der Waals surface area contributed by atoms with Gasteiger partial charge in [-0.05, 0) is 54.8 Å².